The molecule has 22 heavy (non-hydrogen) atoms. The topological polar surface area (TPSA) is 93.3 Å². The van der Waals surface area contributed by atoms with E-state index in [0.29, 0.717) is 10.7 Å². The highest BCUT2D eigenvalue weighted by molar-refractivity contribution is 6.31. The molecule has 0 fully saturated rings. The summed E-state index contributed by atoms with van der Waals surface area (Å²) < 4.78 is 0. The van der Waals surface area contributed by atoms with E-state index >= 15 is 0 Å². The van der Waals surface area contributed by atoms with Crippen LogP contribution in [0, 0.1) is 11.3 Å². The number of carbonyl (C=O) groups excluding carboxylic acids is 1. The molecule has 6 heteroatoms. The average molecular weight is 315 g/mol. The molecule has 110 valence electrons. The van der Waals surface area contributed by atoms with Crippen LogP contribution in [0.4, 0.5) is 5.69 Å². The molecule has 0 unspecified atom stereocenters. The lowest BCUT2D eigenvalue weighted by molar-refractivity contribution is -0.112. The third-order valence-electron chi connectivity index (χ3n) is 2.76. The van der Waals surface area contributed by atoms with Crippen LogP contribution in [0.1, 0.15) is 5.56 Å². The van der Waals surface area contributed by atoms with Gasteiger partial charge in [0.1, 0.15) is 23.1 Å². The number of phenols is 2. The van der Waals surface area contributed by atoms with Crippen molar-refractivity contribution < 1.29 is 15.0 Å². The van der Waals surface area contributed by atoms with E-state index in [1.807, 2.05) is 0 Å². The molecule has 0 aliphatic rings. The minimum Gasteiger partial charge on any atom is -0.508 e. The van der Waals surface area contributed by atoms with Crippen molar-refractivity contribution in [2.75, 3.05) is 5.32 Å². The van der Waals surface area contributed by atoms with Crippen molar-refractivity contribution in [1.82, 2.24) is 0 Å². The summed E-state index contributed by atoms with van der Waals surface area (Å²) in [4.78, 5) is 12.1. The number of nitrogens with zero attached hydrogens (tertiary/aromatic N) is 1. The Labute approximate surface area is 131 Å². The van der Waals surface area contributed by atoms with Gasteiger partial charge in [0.05, 0.1) is 0 Å². The molecular weight excluding hydrogens is 304 g/mol. The molecule has 1 amide bonds. The van der Waals surface area contributed by atoms with Gasteiger partial charge in [-0.1, -0.05) is 17.7 Å². The maximum atomic E-state index is 12.1. The van der Waals surface area contributed by atoms with Crippen LogP contribution in [0.3, 0.4) is 0 Å². The first-order valence-electron chi connectivity index (χ1n) is 6.20. The van der Waals surface area contributed by atoms with Crippen LogP contribution in [0.25, 0.3) is 6.08 Å². The summed E-state index contributed by atoms with van der Waals surface area (Å²) >= 11 is 5.82. The number of nitrogens with one attached hydrogen (secondary N) is 1. The minimum atomic E-state index is -0.628. The summed E-state index contributed by atoms with van der Waals surface area (Å²) in [5.74, 6) is -0.975. The average Bonchev–Trinajstić information content (AvgIpc) is 2.46. The largest absolute Gasteiger partial charge is 0.508 e. The van der Waals surface area contributed by atoms with Crippen LogP contribution in [0.15, 0.2) is 48.0 Å². The SMILES string of the molecule is N#C/C(=C\c1ccc(O)cc1O)C(=O)Nc1cccc(Cl)c1. The fourth-order valence-corrected chi connectivity index (χ4v) is 1.91. The first kappa shape index (κ1) is 15.4. The van der Waals surface area contributed by atoms with Gasteiger partial charge >= 0.3 is 0 Å². The summed E-state index contributed by atoms with van der Waals surface area (Å²) in [5, 5.41) is 31.0. The van der Waals surface area contributed by atoms with E-state index in [0.717, 1.165) is 6.07 Å². The maximum absolute atomic E-state index is 12.1. The molecule has 0 saturated heterocycles. The molecule has 0 spiro atoms. The zero-order chi connectivity index (χ0) is 16.1. The van der Waals surface area contributed by atoms with Crippen molar-refractivity contribution in [3.63, 3.8) is 0 Å². The summed E-state index contributed by atoms with van der Waals surface area (Å²) in [6.45, 7) is 0. The molecular formula is C16H11ClN2O3. The van der Waals surface area contributed by atoms with Crippen molar-refractivity contribution in [3.8, 4) is 17.6 Å². The Hall–Kier alpha value is -2.97. The number of rotatable bonds is 3. The molecule has 0 atom stereocenters. The van der Waals surface area contributed by atoms with Crippen molar-refractivity contribution in [3.05, 3.63) is 58.6 Å². The van der Waals surface area contributed by atoms with Gasteiger partial charge in [-0.2, -0.15) is 5.26 Å². The van der Waals surface area contributed by atoms with Gasteiger partial charge in [0.15, 0.2) is 0 Å². The number of benzene rings is 2. The highest BCUT2D eigenvalue weighted by atomic mass is 35.5. The molecule has 2 aromatic rings. The number of anilines is 1. The number of hydrogen-bond acceptors (Lipinski definition) is 4. The monoisotopic (exact) mass is 314 g/mol. The van der Waals surface area contributed by atoms with E-state index in [1.54, 1.807) is 30.3 Å². The Balaban J connectivity index is 2.26. The van der Waals surface area contributed by atoms with E-state index < -0.39 is 5.91 Å². The fraction of sp³-hybridized carbons (Fsp3) is 0. The molecule has 0 saturated carbocycles. The van der Waals surface area contributed by atoms with Gasteiger partial charge in [-0.05, 0) is 36.4 Å². The second-order valence-electron chi connectivity index (χ2n) is 4.38. The number of amides is 1. The molecule has 2 rings (SSSR count). The predicted molar refractivity (Wildman–Crippen MR) is 83.4 cm³/mol. The Morgan fingerprint density at radius 2 is 2.00 bits per heavy atom. The molecule has 3 N–H and O–H groups in total. The van der Waals surface area contributed by atoms with Crippen LogP contribution in [0.5, 0.6) is 11.5 Å². The normalized spacial score (nSPS) is 10.8. The molecule has 0 aliphatic carbocycles. The van der Waals surface area contributed by atoms with Crippen LogP contribution < -0.4 is 5.32 Å². The molecule has 0 radical (unpaired) electrons. The zero-order valence-corrected chi connectivity index (χ0v) is 12.0. The number of phenolic OH excluding ortho intramolecular Hbond substituents is 2. The van der Waals surface area contributed by atoms with Crippen LogP contribution in [-0.2, 0) is 4.79 Å². The molecule has 0 aromatic heterocycles. The molecule has 0 aliphatic heterocycles. The zero-order valence-electron chi connectivity index (χ0n) is 11.2. The Kier molecular flexibility index (Phi) is 4.66. The van der Waals surface area contributed by atoms with Crippen LogP contribution >= 0.6 is 11.6 Å². The van der Waals surface area contributed by atoms with Crippen LogP contribution in [0.2, 0.25) is 5.02 Å². The van der Waals surface area contributed by atoms with Crippen LogP contribution in [-0.4, -0.2) is 16.1 Å². The second-order valence-corrected chi connectivity index (χ2v) is 4.81. The lowest BCUT2D eigenvalue weighted by atomic mass is 10.1. The molecule has 0 heterocycles. The summed E-state index contributed by atoms with van der Waals surface area (Å²) in [6, 6.07) is 12.1. The Morgan fingerprint density at radius 1 is 1.23 bits per heavy atom. The molecule has 0 bridgehead atoms. The number of aromatic hydroxyl groups is 2. The fourth-order valence-electron chi connectivity index (χ4n) is 1.72. The molecule has 5 nitrogen and oxygen atoms in total. The van der Waals surface area contributed by atoms with Crippen molar-refractivity contribution in [2.45, 2.75) is 0 Å². The number of nitriles is 1. The maximum Gasteiger partial charge on any atom is 0.266 e. The van der Waals surface area contributed by atoms with Gasteiger partial charge in [0.2, 0.25) is 0 Å². The van der Waals surface area contributed by atoms with E-state index in [4.69, 9.17) is 16.9 Å². The van der Waals surface area contributed by atoms with E-state index in [1.165, 1.54) is 18.2 Å². The lowest BCUT2D eigenvalue weighted by Crippen LogP contribution is -2.13. The van der Waals surface area contributed by atoms with Gasteiger partial charge in [0, 0.05) is 22.3 Å². The van der Waals surface area contributed by atoms with E-state index in [9.17, 15) is 15.0 Å². The van der Waals surface area contributed by atoms with Crippen molar-refractivity contribution >= 4 is 29.3 Å². The first-order chi connectivity index (χ1) is 10.5. The first-order valence-corrected chi connectivity index (χ1v) is 6.58. The number of carbonyl (C=O) groups is 1. The summed E-state index contributed by atoms with van der Waals surface area (Å²) in [5.41, 5.74) is 0.505. The summed E-state index contributed by atoms with van der Waals surface area (Å²) in [7, 11) is 0. The Bertz CT molecular complexity index is 794. The lowest BCUT2D eigenvalue weighted by Gasteiger charge is -2.05. The van der Waals surface area contributed by atoms with Gasteiger partial charge in [-0.3, -0.25) is 4.79 Å². The highest BCUT2D eigenvalue weighted by Gasteiger charge is 2.11. The predicted octanol–water partition coefficient (Wildman–Crippen LogP) is 3.30. The molecule has 2 aromatic carbocycles. The number of hydrogen-bond donors (Lipinski definition) is 3. The second kappa shape index (κ2) is 6.66. The Morgan fingerprint density at radius 3 is 2.64 bits per heavy atom. The van der Waals surface area contributed by atoms with Crippen molar-refractivity contribution in [2.24, 2.45) is 0 Å². The smallest absolute Gasteiger partial charge is 0.266 e. The highest BCUT2D eigenvalue weighted by Crippen LogP contribution is 2.25. The van der Waals surface area contributed by atoms with E-state index in [-0.39, 0.29) is 22.6 Å². The number of halogens is 1. The van der Waals surface area contributed by atoms with E-state index in [2.05, 4.69) is 5.32 Å². The van der Waals surface area contributed by atoms with Gasteiger partial charge in [0.25, 0.3) is 5.91 Å². The summed E-state index contributed by atoms with van der Waals surface area (Å²) in [6.07, 6.45) is 1.23. The van der Waals surface area contributed by atoms with Gasteiger partial charge in [-0.25, -0.2) is 0 Å². The third kappa shape index (κ3) is 3.78. The minimum absolute atomic E-state index is 0.114. The third-order valence-corrected chi connectivity index (χ3v) is 3.00. The van der Waals surface area contributed by atoms with Gasteiger partial charge in [-0.15, -0.1) is 0 Å². The van der Waals surface area contributed by atoms with Crippen molar-refractivity contribution in [1.29, 1.82) is 5.26 Å². The van der Waals surface area contributed by atoms with Gasteiger partial charge < -0.3 is 15.5 Å². The standard InChI is InChI=1S/C16H11ClN2O3/c17-12-2-1-3-13(7-12)19-16(22)11(9-18)6-10-4-5-14(20)8-15(10)21/h1-8,20-21H,(H,19,22)/b11-6+. The quantitative estimate of drug-likeness (QED) is 0.598.